The zero-order valence-electron chi connectivity index (χ0n) is 9.05. The SMILES string of the molecule is CC(COc1ccc([N+](=O)[O-])c(F)c1)C(N)=O. The van der Waals surface area contributed by atoms with Crippen molar-refractivity contribution in [1.29, 1.82) is 0 Å². The highest BCUT2D eigenvalue weighted by Gasteiger charge is 2.15. The zero-order chi connectivity index (χ0) is 13.0. The van der Waals surface area contributed by atoms with Crippen molar-refractivity contribution in [2.45, 2.75) is 6.92 Å². The second kappa shape index (κ2) is 5.24. The third-order valence-electron chi connectivity index (χ3n) is 2.10. The molecule has 1 unspecified atom stereocenters. The van der Waals surface area contributed by atoms with E-state index in [1.54, 1.807) is 6.92 Å². The second-order valence-corrected chi connectivity index (χ2v) is 3.48. The molecule has 1 atom stereocenters. The van der Waals surface area contributed by atoms with Gasteiger partial charge in [0.15, 0.2) is 0 Å². The molecule has 0 saturated carbocycles. The molecule has 1 amide bonds. The second-order valence-electron chi connectivity index (χ2n) is 3.48. The maximum absolute atomic E-state index is 13.2. The van der Waals surface area contributed by atoms with Gasteiger partial charge in [0.2, 0.25) is 11.7 Å². The fourth-order valence-electron chi connectivity index (χ4n) is 1.03. The first kappa shape index (κ1) is 12.9. The van der Waals surface area contributed by atoms with Gasteiger partial charge >= 0.3 is 5.69 Å². The number of hydrogen-bond acceptors (Lipinski definition) is 4. The third kappa shape index (κ3) is 3.40. The number of nitrogens with two attached hydrogens (primary N) is 1. The summed E-state index contributed by atoms with van der Waals surface area (Å²) >= 11 is 0. The van der Waals surface area contributed by atoms with Crippen LogP contribution in [-0.4, -0.2) is 17.4 Å². The van der Waals surface area contributed by atoms with Crippen molar-refractivity contribution >= 4 is 11.6 Å². The molecule has 0 aliphatic rings. The van der Waals surface area contributed by atoms with Crippen LogP contribution in [-0.2, 0) is 4.79 Å². The number of benzene rings is 1. The monoisotopic (exact) mass is 242 g/mol. The fraction of sp³-hybridized carbons (Fsp3) is 0.300. The van der Waals surface area contributed by atoms with Crippen molar-refractivity contribution in [1.82, 2.24) is 0 Å². The van der Waals surface area contributed by atoms with Crippen LogP contribution >= 0.6 is 0 Å². The molecule has 0 aliphatic heterocycles. The van der Waals surface area contributed by atoms with Crippen molar-refractivity contribution < 1.29 is 18.8 Å². The van der Waals surface area contributed by atoms with E-state index in [0.29, 0.717) is 0 Å². The van der Waals surface area contributed by atoms with Gasteiger partial charge in [0, 0.05) is 12.1 Å². The molecule has 0 saturated heterocycles. The lowest BCUT2D eigenvalue weighted by molar-refractivity contribution is -0.387. The van der Waals surface area contributed by atoms with Crippen LogP contribution in [0.15, 0.2) is 18.2 Å². The molecular weight excluding hydrogens is 231 g/mol. The summed E-state index contributed by atoms with van der Waals surface area (Å²) in [5.74, 6) is -1.93. The number of primary amides is 1. The van der Waals surface area contributed by atoms with Crippen LogP contribution in [0.3, 0.4) is 0 Å². The predicted octanol–water partition coefficient (Wildman–Crippen LogP) is 1.23. The molecule has 0 aliphatic carbocycles. The number of nitrogens with zero attached hydrogens (tertiary/aromatic N) is 1. The van der Waals surface area contributed by atoms with Gasteiger partial charge in [-0.1, -0.05) is 6.92 Å². The molecule has 0 bridgehead atoms. The highest BCUT2D eigenvalue weighted by atomic mass is 19.1. The van der Waals surface area contributed by atoms with Gasteiger partial charge in [0.25, 0.3) is 0 Å². The van der Waals surface area contributed by atoms with Gasteiger partial charge in [-0.3, -0.25) is 14.9 Å². The summed E-state index contributed by atoms with van der Waals surface area (Å²) < 4.78 is 18.3. The van der Waals surface area contributed by atoms with Gasteiger partial charge in [-0.25, -0.2) is 0 Å². The topological polar surface area (TPSA) is 95.5 Å². The largest absolute Gasteiger partial charge is 0.493 e. The molecule has 0 heterocycles. The molecule has 7 heteroatoms. The molecule has 17 heavy (non-hydrogen) atoms. The van der Waals surface area contributed by atoms with E-state index in [1.165, 1.54) is 6.07 Å². The zero-order valence-corrected chi connectivity index (χ0v) is 9.05. The smallest absolute Gasteiger partial charge is 0.305 e. The minimum Gasteiger partial charge on any atom is -0.493 e. The Morgan fingerprint density at radius 1 is 1.65 bits per heavy atom. The lowest BCUT2D eigenvalue weighted by Crippen LogP contribution is -2.25. The number of carbonyl (C=O) groups is 1. The van der Waals surface area contributed by atoms with E-state index >= 15 is 0 Å². The van der Waals surface area contributed by atoms with Crippen LogP contribution in [0.4, 0.5) is 10.1 Å². The van der Waals surface area contributed by atoms with Gasteiger partial charge in [0.05, 0.1) is 17.4 Å². The van der Waals surface area contributed by atoms with Crippen LogP contribution in [0.5, 0.6) is 5.75 Å². The molecule has 1 aromatic rings. The number of nitro groups is 1. The van der Waals surface area contributed by atoms with E-state index in [1.807, 2.05) is 0 Å². The molecule has 0 spiro atoms. The summed E-state index contributed by atoms with van der Waals surface area (Å²) in [4.78, 5) is 20.2. The predicted molar refractivity (Wildman–Crippen MR) is 56.9 cm³/mol. The van der Waals surface area contributed by atoms with E-state index in [4.69, 9.17) is 10.5 Å². The Morgan fingerprint density at radius 2 is 2.29 bits per heavy atom. The molecule has 6 nitrogen and oxygen atoms in total. The van der Waals surface area contributed by atoms with Crippen molar-refractivity contribution in [2.75, 3.05) is 6.61 Å². The first-order valence-corrected chi connectivity index (χ1v) is 4.78. The van der Waals surface area contributed by atoms with Crippen molar-refractivity contribution in [2.24, 2.45) is 11.7 Å². The average molecular weight is 242 g/mol. The quantitative estimate of drug-likeness (QED) is 0.620. The Morgan fingerprint density at radius 3 is 2.76 bits per heavy atom. The van der Waals surface area contributed by atoms with E-state index in [0.717, 1.165) is 12.1 Å². The van der Waals surface area contributed by atoms with Crippen molar-refractivity contribution in [3.8, 4) is 5.75 Å². The van der Waals surface area contributed by atoms with Crippen LogP contribution in [0.25, 0.3) is 0 Å². The number of carbonyl (C=O) groups excluding carboxylic acids is 1. The van der Waals surface area contributed by atoms with E-state index < -0.39 is 28.3 Å². The number of amides is 1. The molecule has 0 radical (unpaired) electrons. The van der Waals surface area contributed by atoms with E-state index in [2.05, 4.69) is 0 Å². The highest BCUT2D eigenvalue weighted by molar-refractivity contribution is 5.76. The molecule has 0 fully saturated rings. The number of rotatable bonds is 5. The molecular formula is C10H11FN2O4. The summed E-state index contributed by atoms with van der Waals surface area (Å²) in [6, 6.07) is 3.15. The van der Waals surface area contributed by atoms with Crippen LogP contribution < -0.4 is 10.5 Å². The van der Waals surface area contributed by atoms with Crippen molar-refractivity contribution in [3.63, 3.8) is 0 Å². The Hall–Kier alpha value is -2.18. The minimum absolute atomic E-state index is 0.00736. The molecule has 1 rings (SSSR count). The van der Waals surface area contributed by atoms with Gasteiger partial charge in [0.1, 0.15) is 5.75 Å². The number of nitro benzene ring substituents is 1. The Labute approximate surface area is 96.3 Å². The van der Waals surface area contributed by atoms with Gasteiger partial charge in [-0.15, -0.1) is 0 Å². The Bertz CT molecular complexity index is 450. The van der Waals surface area contributed by atoms with E-state index in [-0.39, 0.29) is 12.4 Å². The van der Waals surface area contributed by atoms with Crippen molar-refractivity contribution in [3.05, 3.63) is 34.1 Å². The van der Waals surface area contributed by atoms with Crippen LogP contribution in [0, 0.1) is 21.8 Å². The standard InChI is InChI=1S/C10H11FN2O4/c1-6(10(12)14)5-17-7-2-3-9(13(15)16)8(11)4-7/h2-4,6H,5H2,1H3,(H2,12,14). The average Bonchev–Trinajstić information content (AvgIpc) is 2.25. The van der Waals surface area contributed by atoms with Crippen LogP contribution in [0.1, 0.15) is 6.92 Å². The van der Waals surface area contributed by atoms with Gasteiger partial charge in [-0.2, -0.15) is 4.39 Å². The van der Waals surface area contributed by atoms with Gasteiger partial charge in [-0.05, 0) is 6.07 Å². The Kier molecular flexibility index (Phi) is 3.97. The number of halogens is 1. The first-order chi connectivity index (χ1) is 7.91. The fourth-order valence-corrected chi connectivity index (χ4v) is 1.03. The molecule has 92 valence electrons. The summed E-state index contributed by atoms with van der Waals surface area (Å²) in [6.45, 7) is 1.55. The molecule has 0 aromatic heterocycles. The summed E-state index contributed by atoms with van der Waals surface area (Å²) in [5.41, 5.74) is 4.39. The maximum Gasteiger partial charge on any atom is 0.305 e. The molecule has 2 N–H and O–H groups in total. The first-order valence-electron chi connectivity index (χ1n) is 4.78. The van der Waals surface area contributed by atoms with Gasteiger partial charge < -0.3 is 10.5 Å². The van der Waals surface area contributed by atoms with Crippen LogP contribution in [0.2, 0.25) is 0 Å². The minimum atomic E-state index is -0.987. The normalized spacial score (nSPS) is 11.9. The number of hydrogen-bond donors (Lipinski definition) is 1. The summed E-state index contributed by atoms with van der Waals surface area (Å²) in [7, 11) is 0. The lowest BCUT2D eigenvalue weighted by Gasteiger charge is -2.09. The number of ether oxygens (including phenoxy) is 1. The summed E-state index contributed by atoms with van der Waals surface area (Å²) in [6.07, 6.45) is 0. The molecule has 1 aromatic carbocycles. The lowest BCUT2D eigenvalue weighted by atomic mass is 10.2. The highest BCUT2D eigenvalue weighted by Crippen LogP contribution is 2.22. The third-order valence-corrected chi connectivity index (χ3v) is 2.10. The van der Waals surface area contributed by atoms with E-state index in [9.17, 15) is 19.3 Å². The maximum atomic E-state index is 13.2. The summed E-state index contributed by atoms with van der Waals surface area (Å²) in [5, 5.41) is 10.4. The Balaban J connectivity index is 2.71.